The number of nitrogens with two attached hydrogens (primary N) is 1. The Bertz CT molecular complexity index is 1040. The molecule has 0 aromatic heterocycles. The Balaban J connectivity index is 1.38. The number of carbonyl (C=O) groups excluding carboxylic acids is 3. The summed E-state index contributed by atoms with van der Waals surface area (Å²) in [6.07, 6.45) is 0. The van der Waals surface area contributed by atoms with Crippen molar-refractivity contribution in [2.24, 2.45) is 5.73 Å². The van der Waals surface area contributed by atoms with Crippen molar-refractivity contribution in [2.75, 3.05) is 23.8 Å². The van der Waals surface area contributed by atoms with Crippen molar-refractivity contribution >= 4 is 34.8 Å². The van der Waals surface area contributed by atoms with Crippen LogP contribution in [0.2, 0.25) is 0 Å². The zero-order chi connectivity index (χ0) is 22.1. The molecule has 8 heteroatoms. The first kappa shape index (κ1) is 21.4. The van der Waals surface area contributed by atoms with Gasteiger partial charge in [0.05, 0.1) is 0 Å². The molecule has 0 radical (unpaired) electrons. The average molecular weight is 419 g/mol. The van der Waals surface area contributed by atoms with Crippen molar-refractivity contribution in [1.82, 2.24) is 0 Å². The molecule has 0 saturated carbocycles. The first-order chi connectivity index (χ1) is 15.0. The van der Waals surface area contributed by atoms with Gasteiger partial charge in [-0.3, -0.25) is 9.59 Å². The molecule has 0 aliphatic rings. The molecule has 4 N–H and O–H groups in total. The van der Waals surface area contributed by atoms with Crippen molar-refractivity contribution < 1.29 is 23.9 Å². The van der Waals surface area contributed by atoms with Crippen molar-refractivity contribution in [3.8, 4) is 5.75 Å². The van der Waals surface area contributed by atoms with E-state index in [4.69, 9.17) is 15.2 Å². The van der Waals surface area contributed by atoms with Crippen LogP contribution < -0.4 is 21.1 Å². The highest BCUT2D eigenvalue weighted by Crippen LogP contribution is 2.19. The van der Waals surface area contributed by atoms with E-state index in [1.807, 2.05) is 42.5 Å². The van der Waals surface area contributed by atoms with E-state index in [9.17, 15) is 14.4 Å². The molecule has 31 heavy (non-hydrogen) atoms. The fourth-order valence-electron chi connectivity index (χ4n) is 2.57. The van der Waals surface area contributed by atoms with Crippen LogP contribution in [0.5, 0.6) is 5.75 Å². The van der Waals surface area contributed by atoms with Crippen LogP contribution in [-0.4, -0.2) is 31.0 Å². The number of benzene rings is 3. The summed E-state index contributed by atoms with van der Waals surface area (Å²) in [4.78, 5) is 34.7. The van der Waals surface area contributed by atoms with E-state index in [0.717, 1.165) is 11.4 Å². The van der Waals surface area contributed by atoms with Crippen molar-refractivity contribution in [1.29, 1.82) is 0 Å². The van der Waals surface area contributed by atoms with Crippen LogP contribution in [0.4, 0.5) is 17.1 Å². The number of anilines is 3. The Hall–Kier alpha value is -4.33. The Morgan fingerprint density at radius 2 is 1.35 bits per heavy atom. The van der Waals surface area contributed by atoms with Gasteiger partial charge in [0.1, 0.15) is 5.75 Å². The molecule has 8 nitrogen and oxygen atoms in total. The summed E-state index contributed by atoms with van der Waals surface area (Å²) in [5.41, 5.74) is 7.77. The van der Waals surface area contributed by atoms with E-state index in [-0.39, 0.29) is 6.61 Å². The number of primary amides is 1. The summed E-state index contributed by atoms with van der Waals surface area (Å²) in [6, 6.07) is 22.8. The van der Waals surface area contributed by atoms with Crippen LogP contribution in [0.3, 0.4) is 0 Å². The summed E-state index contributed by atoms with van der Waals surface area (Å²) in [5, 5.41) is 5.79. The molecule has 0 unspecified atom stereocenters. The van der Waals surface area contributed by atoms with E-state index < -0.39 is 24.4 Å². The molecule has 0 fully saturated rings. The minimum atomic E-state index is -0.675. The van der Waals surface area contributed by atoms with Gasteiger partial charge in [-0.1, -0.05) is 18.2 Å². The number of carbonyl (C=O) groups is 3. The lowest BCUT2D eigenvalue weighted by molar-refractivity contribution is -0.149. The van der Waals surface area contributed by atoms with Gasteiger partial charge in [0.2, 0.25) is 5.91 Å². The average Bonchev–Trinajstić information content (AvgIpc) is 2.78. The summed E-state index contributed by atoms with van der Waals surface area (Å²) >= 11 is 0. The minimum Gasteiger partial charge on any atom is -0.482 e. The van der Waals surface area contributed by atoms with Gasteiger partial charge in [-0.15, -0.1) is 0 Å². The largest absolute Gasteiger partial charge is 0.482 e. The molecule has 0 atom stereocenters. The Morgan fingerprint density at radius 3 is 2.00 bits per heavy atom. The molecular formula is C23H21N3O5. The number of para-hydroxylation sites is 1. The van der Waals surface area contributed by atoms with Crippen LogP contribution in [0.15, 0.2) is 78.9 Å². The van der Waals surface area contributed by atoms with Crippen molar-refractivity contribution in [3.63, 3.8) is 0 Å². The lowest BCUT2D eigenvalue weighted by Gasteiger charge is -2.09. The van der Waals surface area contributed by atoms with Crippen LogP contribution >= 0.6 is 0 Å². The van der Waals surface area contributed by atoms with Crippen LogP contribution in [0.25, 0.3) is 0 Å². The molecule has 0 saturated heterocycles. The first-order valence-electron chi connectivity index (χ1n) is 9.40. The third-order valence-corrected chi connectivity index (χ3v) is 4.09. The van der Waals surface area contributed by atoms with Gasteiger partial charge in [-0.2, -0.15) is 0 Å². The minimum absolute atomic E-state index is 0.324. The summed E-state index contributed by atoms with van der Waals surface area (Å²) in [6.45, 7) is -0.786. The number of amides is 2. The molecule has 3 rings (SSSR count). The zero-order valence-electron chi connectivity index (χ0n) is 16.5. The number of nitrogens with one attached hydrogen (secondary N) is 2. The quantitative estimate of drug-likeness (QED) is 0.459. The van der Waals surface area contributed by atoms with E-state index in [0.29, 0.717) is 17.0 Å². The second-order valence-corrected chi connectivity index (χ2v) is 6.45. The highest BCUT2D eigenvalue weighted by Gasteiger charge is 2.09. The van der Waals surface area contributed by atoms with E-state index >= 15 is 0 Å². The molecule has 158 valence electrons. The number of hydrogen-bond donors (Lipinski definition) is 3. The maximum absolute atomic E-state index is 11.9. The number of rotatable bonds is 9. The third kappa shape index (κ3) is 6.90. The normalized spacial score (nSPS) is 10.1. The second kappa shape index (κ2) is 10.4. The lowest BCUT2D eigenvalue weighted by atomic mass is 10.2. The standard InChI is InChI=1S/C23H21N3O5/c24-23(29)16-6-8-19(9-7-16)26-21(27)14-31-22(28)15-30-20-12-10-18(11-13-20)25-17-4-2-1-3-5-17/h1-13,25H,14-15H2,(H2,24,29)(H,26,27). The molecule has 0 aliphatic carbocycles. The molecule has 2 amide bonds. The number of ether oxygens (including phenoxy) is 2. The van der Waals surface area contributed by atoms with Crippen LogP contribution in [-0.2, 0) is 14.3 Å². The fraction of sp³-hybridized carbons (Fsp3) is 0.0870. The van der Waals surface area contributed by atoms with Gasteiger partial charge >= 0.3 is 5.97 Å². The fourth-order valence-corrected chi connectivity index (χ4v) is 2.57. The van der Waals surface area contributed by atoms with Crippen molar-refractivity contribution in [3.05, 3.63) is 84.4 Å². The predicted molar refractivity (Wildman–Crippen MR) is 116 cm³/mol. The SMILES string of the molecule is NC(=O)c1ccc(NC(=O)COC(=O)COc2ccc(Nc3ccccc3)cc2)cc1. The highest BCUT2D eigenvalue weighted by molar-refractivity contribution is 5.95. The first-order valence-corrected chi connectivity index (χ1v) is 9.40. The summed E-state index contributed by atoms with van der Waals surface area (Å²) in [7, 11) is 0. The van der Waals surface area contributed by atoms with Gasteiger partial charge in [0.15, 0.2) is 13.2 Å². The van der Waals surface area contributed by atoms with Crippen LogP contribution in [0, 0.1) is 0 Å². The van der Waals surface area contributed by atoms with Crippen LogP contribution in [0.1, 0.15) is 10.4 Å². The third-order valence-electron chi connectivity index (χ3n) is 4.09. The van der Waals surface area contributed by atoms with Gasteiger partial charge in [0, 0.05) is 22.6 Å². The summed E-state index contributed by atoms with van der Waals surface area (Å²) in [5.74, 6) is -1.26. The predicted octanol–water partition coefficient (Wildman–Crippen LogP) is 3.09. The monoisotopic (exact) mass is 419 g/mol. The Kier molecular flexibility index (Phi) is 7.21. The second-order valence-electron chi connectivity index (χ2n) is 6.45. The Morgan fingerprint density at radius 1 is 0.742 bits per heavy atom. The highest BCUT2D eigenvalue weighted by atomic mass is 16.6. The molecule has 0 spiro atoms. The summed E-state index contributed by atoms with van der Waals surface area (Å²) < 4.78 is 10.3. The molecule has 0 heterocycles. The maximum atomic E-state index is 11.9. The molecule has 3 aromatic carbocycles. The van der Waals surface area contributed by atoms with E-state index in [2.05, 4.69) is 10.6 Å². The molecule has 3 aromatic rings. The van der Waals surface area contributed by atoms with Gasteiger partial charge in [-0.25, -0.2) is 4.79 Å². The number of hydrogen-bond acceptors (Lipinski definition) is 6. The van der Waals surface area contributed by atoms with E-state index in [1.165, 1.54) is 24.3 Å². The van der Waals surface area contributed by atoms with Gasteiger partial charge < -0.3 is 25.8 Å². The smallest absolute Gasteiger partial charge is 0.344 e. The molecule has 0 bridgehead atoms. The maximum Gasteiger partial charge on any atom is 0.344 e. The molecular weight excluding hydrogens is 398 g/mol. The Labute approximate surface area is 179 Å². The van der Waals surface area contributed by atoms with Crippen molar-refractivity contribution in [2.45, 2.75) is 0 Å². The van der Waals surface area contributed by atoms with Gasteiger partial charge in [-0.05, 0) is 60.7 Å². The topological polar surface area (TPSA) is 120 Å². The van der Waals surface area contributed by atoms with E-state index in [1.54, 1.807) is 12.1 Å². The zero-order valence-corrected chi connectivity index (χ0v) is 16.5. The lowest BCUT2D eigenvalue weighted by Crippen LogP contribution is -2.23. The van der Waals surface area contributed by atoms with Gasteiger partial charge in [0.25, 0.3) is 5.91 Å². The number of esters is 1. The molecule has 0 aliphatic heterocycles.